The summed E-state index contributed by atoms with van der Waals surface area (Å²) >= 11 is 0. The average Bonchev–Trinajstić information content (AvgIpc) is 3.17. The third-order valence-corrected chi connectivity index (χ3v) is 5.58. The third kappa shape index (κ3) is 6.24. The van der Waals surface area contributed by atoms with Crippen molar-refractivity contribution in [3.63, 3.8) is 0 Å². The summed E-state index contributed by atoms with van der Waals surface area (Å²) in [5.74, 6) is 0. The van der Waals surface area contributed by atoms with Gasteiger partial charge in [0.1, 0.15) is 0 Å². The van der Waals surface area contributed by atoms with Gasteiger partial charge in [0, 0.05) is 50.0 Å². The van der Waals surface area contributed by atoms with Gasteiger partial charge < -0.3 is 15.2 Å². The number of aryl methyl sites for hydroxylation is 1. The van der Waals surface area contributed by atoms with Crippen LogP contribution in [0.4, 0.5) is 0 Å². The van der Waals surface area contributed by atoms with Gasteiger partial charge in [-0.25, -0.2) is 0 Å². The molecule has 1 aliphatic rings. The lowest BCUT2D eigenvalue weighted by Gasteiger charge is -2.28. The largest absolute Gasteiger partial charge is 0.390 e. The molecule has 2 aromatic carbocycles. The molecular formula is C25H32N4O2. The summed E-state index contributed by atoms with van der Waals surface area (Å²) in [5.41, 5.74) is 5.70. The Labute approximate surface area is 184 Å². The smallest absolute Gasteiger partial charge is 0.0968 e. The fourth-order valence-corrected chi connectivity index (χ4v) is 4.00. The quantitative estimate of drug-likeness (QED) is 0.557. The molecule has 0 amide bonds. The first-order valence-corrected chi connectivity index (χ1v) is 11.0. The summed E-state index contributed by atoms with van der Waals surface area (Å²) in [7, 11) is 0. The Morgan fingerprint density at radius 2 is 1.90 bits per heavy atom. The zero-order valence-corrected chi connectivity index (χ0v) is 18.2. The molecule has 3 aromatic rings. The van der Waals surface area contributed by atoms with Crippen molar-refractivity contribution in [2.45, 2.75) is 26.1 Å². The minimum Gasteiger partial charge on any atom is -0.390 e. The molecule has 2 heterocycles. The fourth-order valence-electron chi connectivity index (χ4n) is 4.00. The molecule has 0 saturated carbocycles. The van der Waals surface area contributed by atoms with Crippen molar-refractivity contribution in [3.8, 4) is 11.3 Å². The maximum Gasteiger partial charge on any atom is 0.0968 e. The van der Waals surface area contributed by atoms with E-state index >= 15 is 0 Å². The van der Waals surface area contributed by atoms with Gasteiger partial charge in [-0.3, -0.25) is 9.58 Å². The van der Waals surface area contributed by atoms with Crippen LogP contribution in [0, 0.1) is 6.92 Å². The highest BCUT2D eigenvalue weighted by Gasteiger charge is 2.16. The van der Waals surface area contributed by atoms with Crippen molar-refractivity contribution in [2.75, 3.05) is 39.4 Å². The molecule has 2 N–H and O–H groups in total. The van der Waals surface area contributed by atoms with Crippen LogP contribution in [0.3, 0.4) is 0 Å². The first kappa shape index (κ1) is 21.7. The second kappa shape index (κ2) is 10.7. The molecule has 1 fully saturated rings. The van der Waals surface area contributed by atoms with Gasteiger partial charge in [0.2, 0.25) is 0 Å². The Kier molecular flexibility index (Phi) is 7.48. The zero-order chi connectivity index (χ0) is 21.5. The third-order valence-electron chi connectivity index (χ3n) is 5.58. The molecule has 0 bridgehead atoms. The minimum absolute atomic E-state index is 0.403. The van der Waals surface area contributed by atoms with E-state index in [1.807, 2.05) is 10.7 Å². The number of hydrogen-bond acceptors (Lipinski definition) is 5. The van der Waals surface area contributed by atoms with E-state index in [2.05, 4.69) is 71.9 Å². The number of rotatable bonds is 9. The van der Waals surface area contributed by atoms with Crippen molar-refractivity contribution in [1.29, 1.82) is 0 Å². The number of aliphatic hydroxyl groups excluding tert-OH is 1. The standard InChI is InChI=1S/C25H32N4O2/c1-20-6-5-9-22(14-20)25-23(18-29(27-25)17-21-7-3-2-4-8-21)15-26-16-24(30)19-28-10-12-31-13-11-28/h2-9,14,18,24,26,30H,10-13,15-17,19H2,1H3/t24-/m1/s1. The van der Waals surface area contributed by atoms with E-state index < -0.39 is 6.10 Å². The second-order valence-electron chi connectivity index (χ2n) is 8.25. The number of benzene rings is 2. The summed E-state index contributed by atoms with van der Waals surface area (Å²) in [5, 5.41) is 18.8. The number of morpholine rings is 1. The summed E-state index contributed by atoms with van der Waals surface area (Å²) in [4.78, 5) is 2.26. The van der Waals surface area contributed by atoms with Gasteiger partial charge in [0.05, 0.1) is 31.6 Å². The molecule has 4 rings (SSSR count). The monoisotopic (exact) mass is 420 g/mol. The highest BCUT2D eigenvalue weighted by Crippen LogP contribution is 2.23. The number of aliphatic hydroxyl groups is 1. The molecule has 1 aromatic heterocycles. The Balaban J connectivity index is 1.43. The van der Waals surface area contributed by atoms with Crippen LogP contribution in [0.5, 0.6) is 0 Å². The number of β-amino-alcohol motifs (C(OH)–C–C–N with tert-alkyl or cyclic N) is 1. The Morgan fingerprint density at radius 3 is 2.68 bits per heavy atom. The molecule has 0 spiro atoms. The van der Waals surface area contributed by atoms with Crippen LogP contribution in [-0.4, -0.2) is 65.3 Å². The highest BCUT2D eigenvalue weighted by atomic mass is 16.5. The maximum absolute atomic E-state index is 10.4. The van der Waals surface area contributed by atoms with Crippen molar-refractivity contribution < 1.29 is 9.84 Å². The highest BCUT2D eigenvalue weighted by molar-refractivity contribution is 5.63. The Morgan fingerprint density at radius 1 is 1.10 bits per heavy atom. The average molecular weight is 421 g/mol. The van der Waals surface area contributed by atoms with Crippen LogP contribution in [0.1, 0.15) is 16.7 Å². The van der Waals surface area contributed by atoms with E-state index in [1.54, 1.807) is 0 Å². The van der Waals surface area contributed by atoms with E-state index in [0.29, 0.717) is 19.6 Å². The van der Waals surface area contributed by atoms with Crippen LogP contribution in [0.2, 0.25) is 0 Å². The van der Waals surface area contributed by atoms with Gasteiger partial charge in [0.15, 0.2) is 0 Å². The predicted molar refractivity (Wildman–Crippen MR) is 123 cm³/mol. The van der Waals surface area contributed by atoms with Crippen LogP contribution in [0.25, 0.3) is 11.3 Å². The Hall–Kier alpha value is -2.51. The minimum atomic E-state index is -0.403. The second-order valence-corrected chi connectivity index (χ2v) is 8.25. The molecule has 1 atom stereocenters. The first-order chi connectivity index (χ1) is 15.2. The van der Waals surface area contributed by atoms with Gasteiger partial charge in [-0.2, -0.15) is 5.10 Å². The Bertz CT molecular complexity index is 951. The number of ether oxygens (including phenoxy) is 1. The molecule has 6 heteroatoms. The van der Waals surface area contributed by atoms with Crippen LogP contribution < -0.4 is 5.32 Å². The SMILES string of the molecule is Cc1cccc(-c2nn(Cc3ccccc3)cc2CNC[C@@H](O)CN2CCOCC2)c1. The van der Waals surface area contributed by atoms with Gasteiger partial charge in [-0.05, 0) is 18.6 Å². The van der Waals surface area contributed by atoms with Crippen molar-refractivity contribution >= 4 is 0 Å². The molecule has 6 nitrogen and oxygen atoms in total. The topological polar surface area (TPSA) is 62.5 Å². The lowest BCUT2D eigenvalue weighted by molar-refractivity contribution is 0.0149. The molecule has 1 aliphatic heterocycles. The van der Waals surface area contributed by atoms with E-state index in [-0.39, 0.29) is 0 Å². The summed E-state index contributed by atoms with van der Waals surface area (Å²) < 4.78 is 7.39. The van der Waals surface area contributed by atoms with Crippen LogP contribution >= 0.6 is 0 Å². The van der Waals surface area contributed by atoms with E-state index in [0.717, 1.165) is 49.7 Å². The molecule has 0 radical (unpaired) electrons. The van der Waals surface area contributed by atoms with Crippen LogP contribution in [-0.2, 0) is 17.8 Å². The molecule has 0 unspecified atom stereocenters. The van der Waals surface area contributed by atoms with E-state index in [4.69, 9.17) is 9.84 Å². The number of aromatic nitrogens is 2. The zero-order valence-electron chi connectivity index (χ0n) is 18.2. The van der Waals surface area contributed by atoms with Gasteiger partial charge in [0.25, 0.3) is 0 Å². The maximum atomic E-state index is 10.4. The van der Waals surface area contributed by atoms with Crippen molar-refractivity contribution in [3.05, 3.63) is 77.5 Å². The lowest BCUT2D eigenvalue weighted by atomic mass is 10.1. The first-order valence-electron chi connectivity index (χ1n) is 11.0. The van der Waals surface area contributed by atoms with E-state index in [1.165, 1.54) is 11.1 Å². The number of hydrogen-bond donors (Lipinski definition) is 2. The number of nitrogens with zero attached hydrogens (tertiary/aromatic N) is 3. The summed E-state index contributed by atoms with van der Waals surface area (Å²) in [6, 6.07) is 18.8. The fraction of sp³-hybridized carbons (Fsp3) is 0.400. The van der Waals surface area contributed by atoms with Crippen LogP contribution in [0.15, 0.2) is 60.8 Å². The molecule has 31 heavy (non-hydrogen) atoms. The summed E-state index contributed by atoms with van der Waals surface area (Å²) in [6.45, 7) is 8.01. The molecular weight excluding hydrogens is 388 g/mol. The normalized spacial score (nSPS) is 15.8. The molecule has 1 saturated heterocycles. The number of nitrogens with one attached hydrogen (secondary N) is 1. The van der Waals surface area contributed by atoms with E-state index in [9.17, 15) is 5.11 Å². The van der Waals surface area contributed by atoms with Crippen molar-refractivity contribution in [1.82, 2.24) is 20.0 Å². The van der Waals surface area contributed by atoms with Gasteiger partial charge >= 0.3 is 0 Å². The molecule has 0 aliphatic carbocycles. The molecule has 164 valence electrons. The van der Waals surface area contributed by atoms with Crippen molar-refractivity contribution in [2.24, 2.45) is 0 Å². The lowest BCUT2D eigenvalue weighted by Crippen LogP contribution is -2.43. The predicted octanol–water partition coefficient (Wildman–Crippen LogP) is 2.69. The van der Waals surface area contributed by atoms with Gasteiger partial charge in [-0.15, -0.1) is 0 Å². The summed E-state index contributed by atoms with van der Waals surface area (Å²) in [6.07, 6.45) is 1.71. The van der Waals surface area contributed by atoms with Gasteiger partial charge in [-0.1, -0.05) is 54.1 Å².